The number of carbonyl (C=O) groups is 3. The van der Waals surface area contributed by atoms with Crippen molar-refractivity contribution < 1.29 is 23.9 Å². The highest BCUT2D eigenvalue weighted by Gasteiger charge is 2.47. The summed E-state index contributed by atoms with van der Waals surface area (Å²) in [6, 6.07) is 9.63. The molecule has 2 bridgehead atoms. The smallest absolute Gasteiger partial charge is 0.240 e. The van der Waals surface area contributed by atoms with Crippen LogP contribution in [0.5, 0.6) is 0 Å². The molecule has 1 N–H and O–H groups in total. The van der Waals surface area contributed by atoms with Crippen LogP contribution >= 0.6 is 11.3 Å². The number of likely N-dealkylation sites (N-methyl/N-ethyl adjacent to an activating group) is 1. The number of hydrogen-bond acceptors (Lipinski definition) is 8. The molecule has 2 saturated heterocycles. The van der Waals surface area contributed by atoms with E-state index in [0.29, 0.717) is 24.9 Å². The Hall–Kier alpha value is -2.86. The molecule has 0 radical (unpaired) electrons. The van der Waals surface area contributed by atoms with Crippen molar-refractivity contribution in [3.63, 3.8) is 0 Å². The third-order valence-corrected chi connectivity index (χ3v) is 13.2. The van der Waals surface area contributed by atoms with E-state index in [2.05, 4.69) is 55.0 Å². The summed E-state index contributed by atoms with van der Waals surface area (Å²) in [7, 11) is 5.20. The van der Waals surface area contributed by atoms with Crippen LogP contribution in [0.2, 0.25) is 0 Å². The molecule has 288 valence electrons. The van der Waals surface area contributed by atoms with Gasteiger partial charge in [0.1, 0.15) is 5.01 Å². The molecule has 1 aliphatic carbocycles. The fourth-order valence-corrected chi connectivity index (χ4v) is 10.1. The van der Waals surface area contributed by atoms with Gasteiger partial charge in [0.25, 0.3) is 0 Å². The van der Waals surface area contributed by atoms with E-state index in [1.54, 1.807) is 20.4 Å². The van der Waals surface area contributed by atoms with Gasteiger partial charge in [-0.15, -0.1) is 11.3 Å². The number of nitrogens with one attached hydrogen (secondary N) is 1. The number of carbonyl (C=O) groups excluding carboxylic acids is 3. The Balaban J connectivity index is 1.28. The Morgan fingerprint density at radius 2 is 1.81 bits per heavy atom. The van der Waals surface area contributed by atoms with Crippen molar-refractivity contribution in [1.29, 1.82) is 0 Å². The highest BCUT2D eigenvalue weighted by Crippen LogP contribution is 2.40. The van der Waals surface area contributed by atoms with Crippen LogP contribution in [-0.4, -0.2) is 108 Å². The lowest BCUT2D eigenvalue weighted by atomic mass is 9.89. The number of methoxy groups -OCH3 is 2. The molecule has 3 heterocycles. The van der Waals surface area contributed by atoms with E-state index in [1.807, 2.05) is 47.4 Å². The Morgan fingerprint density at radius 3 is 2.38 bits per heavy atom. The number of nitrogens with zero attached hydrogens (tertiary/aromatic N) is 4. The molecule has 3 amide bonds. The standard InChI is InChI=1S/C41H63N5O5S/c1-9-27(4)37(44(6)41(49)36(26(2)3)46-25-30-17-18-31(46)22-30)34(50-7)24-35(47)45-20-13-16-33(45)38(51-8)28(5)39(48)43-32(40-42-19-21-52-40)23-29-14-11-10-12-15-29/h10-12,14-15,19,21,26-28,30-34,36-38H,9,13,16-18,20,22-25H2,1-8H3,(H,43,48)/t27-,28+,30-,31+,32-,33-,34+,36-,37-,38+/m0/s1. The van der Waals surface area contributed by atoms with Gasteiger partial charge in [-0.2, -0.15) is 0 Å². The lowest BCUT2D eigenvalue weighted by Gasteiger charge is -2.43. The predicted molar refractivity (Wildman–Crippen MR) is 206 cm³/mol. The van der Waals surface area contributed by atoms with Crippen LogP contribution < -0.4 is 5.32 Å². The number of amides is 3. The summed E-state index contributed by atoms with van der Waals surface area (Å²) < 4.78 is 12.2. The van der Waals surface area contributed by atoms with Crippen molar-refractivity contribution in [3.05, 3.63) is 52.5 Å². The van der Waals surface area contributed by atoms with Gasteiger partial charge in [0.15, 0.2) is 0 Å². The van der Waals surface area contributed by atoms with Crippen molar-refractivity contribution in [3.8, 4) is 0 Å². The number of thiazole rings is 1. The molecule has 5 rings (SSSR count). The van der Waals surface area contributed by atoms with Gasteiger partial charge in [0.05, 0.1) is 48.7 Å². The topological polar surface area (TPSA) is 104 Å². The summed E-state index contributed by atoms with van der Waals surface area (Å²) >= 11 is 1.53. The zero-order valence-corrected chi connectivity index (χ0v) is 33.5. The van der Waals surface area contributed by atoms with Crippen LogP contribution in [0.1, 0.15) is 96.2 Å². The Bertz CT molecular complexity index is 1440. The molecule has 0 spiro atoms. The van der Waals surface area contributed by atoms with Crippen molar-refractivity contribution in [2.24, 2.45) is 23.7 Å². The van der Waals surface area contributed by atoms with Crippen molar-refractivity contribution in [1.82, 2.24) is 25.0 Å². The minimum Gasteiger partial charge on any atom is -0.379 e. The molecular formula is C41H63N5O5S. The Labute approximate surface area is 316 Å². The maximum absolute atomic E-state index is 14.4. The molecule has 11 heteroatoms. The third-order valence-electron chi connectivity index (χ3n) is 12.3. The lowest BCUT2D eigenvalue weighted by molar-refractivity contribution is -0.149. The fourth-order valence-electron chi connectivity index (χ4n) is 9.39. The second-order valence-corrected chi connectivity index (χ2v) is 16.9. The number of hydrogen-bond donors (Lipinski definition) is 1. The molecule has 1 saturated carbocycles. The first kappa shape index (κ1) is 40.3. The first-order chi connectivity index (χ1) is 25.0. The highest BCUT2D eigenvalue weighted by atomic mass is 32.1. The average molecular weight is 738 g/mol. The normalized spacial score (nSPS) is 24.3. The Morgan fingerprint density at radius 1 is 1.06 bits per heavy atom. The minimum atomic E-state index is -0.509. The van der Waals surface area contributed by atoms with Gasteiger partial charge >= 0.3 is 0 Å². The van der Waals surface area contributed by atoms with Crippen molar-refractivity contribution >= 4 is 29.1 Å². The van der Waals surface area contributed by atoms with Gasteiger partial charge in [-0.1, -0.05) is 71.4 Å². The van der Waals surface area contributed by atoms with E-state index in [4.69, 9.17) is 9.47 Å². The van der Waals surface area contributed by atoms with Gasteiger partial charge < -0.3 is 24.6 Å². The average Bonchev–Trinajstić information content (AvgIpc) is 3.98. The van der Waals surface area contributed by atoms with Gasteiger partial charge in [0.2, 0.25) is 17.7 Å². The quantitative estimate of drug-likeness (QED) is 0.201. The summed E-state index contributed by atoms with van der Waals surface area (Å²) in [5, 5.41) is 6.04. The van der Waals surface area contributed by atoms with Crippen LogP contribution in [0.3, 0.4) is 0 Å². The number of aromatic nitrogens is 1. The van der Waals surface area contributed by atoms with Crippen LogP contribution in [0.4, 0.5) is 0 Å². The van der Waals surface area contributed by atoms with Crippen LogP contribution in [-0.2, 0) is 30.3 Å². The second-order valence-electron chi connectivity index (χ2n) is 15.9. The Kier molecular flexibility index (Phi) is 14.3. The number of likely N-dealkylation sites (tertiary alicyclic amines) is 2. The van der Waals surface area contributed by atoms with Gasteiger partial charge in [-0.05, 0) is 61.8 Å². The summed E-state index contributed by atoms with van der Waals surface area (Å²) in [6.07, 6.45) is 7.67. The summed E-state index contributed by atoms with van der Waals surface area (Å²) in [6.45, 7) is 12.1. The number of benzene rings is 1. The van der Waals surface area contributed by atoms with E-state index in [0.717, 1.165) is 36.4 Å². The van der Waals surface area contributed by atoms with Crippen molar-refractivity contribution in [2.45, 2.75) is 128 Å². The van der Waals surface area contributed by atoms with E-state index >= 15 is 0 Å². The molecule has 3 fully saturated rings. The predicted octanol–water partition coefficient (Wildman–Crippen LogP) is 5.97. The second kappa shape index (κ2) is 18.5. The number of piperidine rings is 1. The van der Waals surface area contributed by atoms with Gasteiger partial charge in [-0.25, -0.2) is 4.98 Å². The zero-order valence-electron chi connectivity index (χ0n) is 32.7. The van der Waals surface area contributed by atoms with E-state index in [9.17, 15) is 14.4 Å². The largest absolute Gasteiger partial charge is 0.379 e. The maximum atomic E-state index is 14.4. The van der Waals surface area contributed by atoms with E-state index in [-0.39, 0.29) is 60.1 Å². The summed E-state index contributed by atoms with van der Waals surface area (Å²) in [4.78, 5) is 53.4. The van der Waals surface area contributed by atoms with E-state index in [1.165, 1.54) is 30.6 Å². The maximum Gasteiger partial charge on any atom is 0.240 e. The molecule has 0 unspecified atom stereocenters. The molecule has 3 aliphatic rings. The molecular weight excluding hydrogens is 675 g/mol. The molecule has 1 aromatic carbocycles. The van der Waals surface area contributed by atoms with Crippen LogP contribution in [0.25, 0.3) is 0 Å². The molecule has 2 aromatic rings. The van der Waals surface area contributed by atoms with Gasteiger partial charge in [-0.3, -0.25) is 19.3 Å². The molecule has 10 nitrogen and oxygen atoms in total. The van der Waals surface area contributed by atoms with E-state index < -0.39 is 18.1 Å². The highest BCUT2D eigenvalue weighted by molar-refractivity contribution is 7.09. The molecule has 2 aliphatic heterocycles. The number of rotatable bonds is 18. The van der Waals surface area contributed by atoms with Crippen LogP contribution in [0, 0.1) is 23.7 Å². The number of ether oxygens (including phenoxy) is 2. The monoisotopic (exact) mass is 737 g/mol. The SMILES string of the molecule is CC[C@H](C)[C@@H]([C@@H](CC(=O)N1CCC[C@H]1[C@H](OC)[C@@H](C)C(=O)N[C@@H](Cc1ccccc1)c1nccs1)OC)N(C)C(=O)[C@H](C(C)C)N1C[C@H]2CC[C@@H]1C2. The summed E-state index contributed by atoms with van der Waals surface area (Å²) in [5.41, 5.74) is 1.12. The zero-order chi connectivity index (χ0) is 37.5. The van der Waals surface area contributed by atoms with Crippen LogP contribution in [0.15, 0.2) is 41.9 Å². The van der Waals surface area contributed by atoms with Crippen molar-refractivity contribution in [2.75, 3.05) is 34.4 Å². The fraction of sp³-hybridized carbons (Fsp3) is 0.707. The molecule has 10 atom stereocenters. The minimum absolute atomic E-state index is 0.0276. The summed E-state index contributed by atoms with van der Waals surface area (Å²) in [5.74, 6) is 0.474. The lowest BCUT2D eigenvalue weighted by Crippen LogP contribution is -2.58. The third kappa shape index (κ3) is 9.08. The first-order valence-electron chi connectivity index (χ1n) is 19.6. The van der Waals surface area contributed by atoms with Gasteiger partial charge in [0, 0.05) is 52.0 Å². The number of fused-ring (bicyclic) bond motifs is 2. The molecule has 1 aromatic heterocycles. The first-order valence-corrected chi connectivity index (χ1v) is 20.5. The molecule has 52 heavy (non-hydrogen) atoms.